The van der Waals surface area contributed by atoms with Crippen LogP contribution in [0.2, 0.25) is 0 Å². The number of hydrogen-bond donors (Lipinski definition) is 2. The number of hydrazone groups is 1. The Kier molecular flexibility index (Phi) is 6.07. The van der Waals surface area contributed by atoms with Crippen molar-refractivity contribution >= 4 is 11.6 Å². The minimum Gasteiger partial charge on any atom is -0.507 e. The Bertz CT molecular complexity index is 922. The number of rotatable bonds is 6. The van der Waals surface area contributed by atoms with Crippen LogP contribution in [0.5, 0.6) is 23.0 Å². The van der Waals surface area contributed by atoms with Crippen LogP contribution in [-0.2, 0) is 0 Å². The lowest BCUT2D eigenvalue weighted by molar-refractivity contribution is 0.0954. The largest absolute Gasteiger partial charge is 0.507 e. The van der Waals surface area contributed by atoms with Gasteiger partial charge in [-0.3, -0.25) is 4.79 Å². The number of nitrogens with one attached hydrogen (secondary N) is 1. The van der Waals surface area contributed by atoms with Crippen LogP contribution in [0.4, 0.5) is 0 Å². The summed E-state index contributed by atoms with van der Waals surface area (Å²) < 4.78 is 20.5. The summed E-state index contributed by atoms with van der Waals surface area (Å²) in [6.45, 7) is 2.99. The quantitative estimate of drug-likeness (QED) is 0.583. The second-order valence-electron chi connectivity index (χ2n) is 5.46. The van der Waals surface area contributed by atoms with Gasteiger partial charge in [-0.15, -0.1) is 0 Å². The average Bonchev–Trinajstić information content (AvgIpc) is 2.63. The van der Waals surface area contributed by atoms with Gasteiger partial charge in [-0.05, 0) is 26.0 Å². The van der Waals surface area contributed by atoms with Crippen LogP contribution >= 0.6 is 0 Å². The molecule has 1 heterocycles. The molecule has 9 nitrogen and oxygen atoms in total. The van der Waals surface area contributed by atoms with Gasteiger partial charge >= 0.3 is 5.63 Å². The van der Waals surface area contributed by atoms with Crippen molar-refractivity contribution < 1.29 is 28.5 Å². The molecule has 1 amide bonds. The summed E-state index contributed by atoms with van der Waals surface area (Å²) in [5.41, 5.74) is 1.71. The van der Waals surface area contributed by atoms with Crippen LogP contribution in [0, 0.1) is 6.92 Å². The third-order valence-corrected chi connectivity index (χ3v) is 3.67. The highest BCUT2D eigenvalue weighted by Crippen LogP contribution is 2.38. The Morgan fingerprint density at radius 3 is 2.19 bits per heavy atom. The molecule has 0 radical (unpaired) electrons. The lowest BCUT2D eigenvalue weighted by atomic mass is 10.1. The summed E-state index contributed by atoms with van der Waals surface area (Å²) in [5.74, 6) is 0.351. The van der Waals surface area contributed by atoms with Crippen molar-refractivity contribution in [2.75, 3.05) is 21.3 Å². The molecule has 0 fully saturated rings. The summed E-state index contributed by atoms with van der Waals surface area (Å²) in [4.78, 5) is 24.3. The van der Waals surface area contributed by atoms with Gasteiger partial charge in [0, 0.05) is 11.6 Å². The van der Waals surface area contributed by atoms with E-state index >= 15 is 0 Å². The second kappa shape index (κ2) is 8.26. The van der Waals surface area contributed by atoms with E-state index in [1.807, 2.05) is 0 Å². The number of benzene rings is 1. The van der Waals surface area contributed by atoms with Crippen molar-refractivity contribution in [2.45, 2.75) is 13.8 Å². The fraction of sp³-hybridized carbons (Fsp3) is 0.278. The van der Waals surface area contributed by atoms with Crippen molar-refractivity contribution in [3.05, 3.63) is 45.5 Å². The van der Waals surface area contributed by atoms with Crippen molar-refractivity contribution in [3.8, 4) is 23.0 Å². The van der Waals surface area contributed by atoms with Gasteiger partial charge in [0.15, 0.2) is 11.5 Å². The van der Waals surface area contributed by atoms with E-state index in [0.29, 0.717) is 17.2 Å². The highest BCUT2D eigenvalue weighted by atomic mass is 16.5. The molecule has 2 N–H and O–H groups in total. The fourth-order valence-corrected chi connectivity index (χ4v) is 2.40. The number of carbonyl (C=O) groups is 1. The maximum atomic E-state index is 12.4. The Morgan fingerprint density at radius 1 is 1.11 bits per heavy atom. The maximum Gasteiger partial charge on any atom is 0.348 e. The van der Waals surface area contributed by atoms with Crippen molar-refractivity contribution in [1.29, 1.82) is 0 Å². The molecule has 9 heteroatoms. The summed E-state index contributed by atoms with van der Waals surface area (Å²) in [7, 11) is 4.31. The molecule has 2 aromatic rings. The standard InChI is InChI=1S/C18H20N2O7/c1-9-6-12(21)15(18(23)27-9)10(2)19-20-17(22)11-7-13(24-3)16(26-5)14(8-11)25-4/h6-8,21H,1-5H3,(H,20,22)/b19-10+. The molecular formula is C18H20N2O7. The summed E-state index contributed by atoms with van der Waals surface area (Å²) in [6, 6.07) is 4.20. The minimum absolute atomic E-state index is 0.0852. The molecule has 2 rings (SSSR count). The van der Waals surface area contributed by atoms with E-state index in [9.17, 15) is 14.7 Å². The normalized spacial score (nSPS) is 11.1. The number of carbonyl (C=O) groups excluding carboxylic acids is 1. The molecule has 27 heavy (non-hydrogen) atoms. The number of nitrogens with zero attached hydrogens (tertiary/aromatic N) is 1. The van der Waals surface area contributed by atoms with Gasteiger partial charge in [-0.25, -0.2) is 10.2 Å². The van der Waals surface area contributed by atoms with E-state index in [4.69, 9.17) is 18.6 Å². The highest BCUT2D eigenvalue weighted by Gasteiger charge is 2.18. The summed E-state index contributed by atoms with van der Waals surface area (Å²) >= 11 is 0. The lowest BCUT2D eigenvalue weighted by Gasteiger charge is -2.13. The molecule has 144 valence electrons. The zero-order chi connectivity index (χ0) is 20.1. The molecule has 0 saturated heterocycles. The monoisotopic (exact) mass is 376 g/mol. The molecule has 0 saturated carbocycles. The van der Waals surface area contributed by atoms with Crippen molar-refractivity contribution in [1.82, 2.24) is 5.43 Å². The number of methoxy groups -OCH3 is 3. The van der Waals surface area contributed by atoms with Crippen LogP contribution in [0.15, 0.2) is 32.5 Å². The molecular weight excluding hydrogens is 356 g/mol. The van der Waals surface area contributed by atoms with Gasteiger partial charge in [0.25, 0.3) is 5.91 Å². The zero-order valence-corrected chi connectivity index (χ0v) is 15.6. The van der Waals surface area contributed by atoms with Crippen molar-refractivity contribution in [2.24, 2.45) is 5.10 Å². The van der Waals surface area contributed by atoms with Gasteiger partial charge in [0.05, 0.1) is 27.0 Å². The van der Waals surface area contributed by atoms with Crippen LogP contribution in [0.3, 0.4) is 0 Å². The van der Waals surface area contributed by atoms with E-state index in [0.717, 1.165) is 0 Å². The first-order chi connectivity index (χ1) is 12.8. The van der Waals surface area contributed by atoms with Crippen molar-refractivity contribution in [3.63, 3.8) is 0 Å². The number of ether oxygens (including phenoxy) is 3. The maximum absolute atomic E-state index is 12.4. The third-order valence-electron chi connectivity index (χ3n) is 3.67. The molecule has 0 spiro atoms. The summed E-state index contributed by atoms with van der Waals surface area (Å²) in [6.07, 6.45) is 0. The van der Waals surface area contributed by atoms with Gasteiger partial charge in [0.1, 0.15) is 17.1 Å². The average molecular weight is 376 g/mol. The number of aryl methyl sites for hydroxylation is 1. The van der Waals surface area contributed by atoms with Gasteiger partial charge < -0.3 is 23.7 Å². The summed E-state index contributed by atoms with van der Waals surface area (Å²) in [5, 5.41) is 13.8. The number of hydrogen-bond acceptors (Lipinski definition) is 8. The number of aromatic hydroxyl groups is 1. The van der Waals surface area contributed by atoms with E-state index in [-0.39, 0.29) is 28.3 Å². The Hall–Kier alpha value is -3.49. The smallest absolute Gasteiger partial charge is 0.348 e. The molecule has 0 atom stereocenters. The van der Waals surface area contributed by atoms with E-state index in [2.05, 4.69) is 10.5 Å². The Morgan fingerprint density at radius 2 is 1.70 bits per heavy atom. The SMILES string of the molecule is COc1cc(C(=O)N/N=C(\C)c2c(O)cc(C)oc2=O)cc(OC)c1OC. The minimum atomic E-state index is -0.754. The van der Waals surface area contributed by atoms with E-state index in [1.165, 1.54) is 53.4 Å². The first-order valence-electron chi connectivity index (χ1n) is 7.81. The Labute approximate surface area is 155 Å². The molecule has 1 aromatic carbocycles. The first kappa shape index (κ1) is 19.8. The molecule has 0 bridgehead atoms. The lowest BCUT2D eigenvalue weighted by Crippen LogP contribution is -2.22. The number of amides is 1. The molecule has 0 aliphatic rings. The molecule has 0 aliphatic heterocycles. The van der Waals surface area contributed by atoms with Gasteiger partial charge in [-0.1, -0.05) is 0 Å². The predicted molar refractivity (Wildman–Crippen MR) is 97.2 cm³/mol. The van der Waals surface area contributed by atoms with Crippen LogP contribution < -0.4 is 25.3 Å². The van der Waals surface area contributed by atoms with Gasteiger partial charge in [-0.2, -0.15) is 5.10 Å². The van der Waals surface area contributed by atoms with E-state index in [1.54, 1.807) is 0 Å². The second-order valence-corrected chi connectivity index (χ2v) is 5.46. The topological polar surface area (TPSA) is 120 Å². The molecule has 0 unspecified atom stereocenters. The fourth-order valence-electron chi connectivity index (χ4n) is 2.40. The third kappa shape index (κ3) is 4.20. The zero-order valence-electron chi connectivity index (χ0n) is 15.6. The van der Waals surface area contributed by atoms with Crippen LogP contribution in [0.1, 0.15) is 28.6 Å². The molecule has 1 aromatic heterocycles. The van der Waals surface area contributed by atoms with Gasteiger partial charge in [0.2, 0.25) is 5.75 Å². The highest BCUT2D eigenvalue weighted by molar-refractivity contribution is 6.02. The Balaban J connectivity index is 2.33. The molecule has 0 aliphatic carbocycles. The first-order valence-corrected chi connectivity index (χ1v) is 7.81. The van der Waals surface area contributed by atoms with Crippen LogP contribution in [-0.4, -0.2) is 38.1 Å². The van der Waals surface area contributed by atoms with Crippen LogP contribution in [0.25, 0.3) is 0 Å². The van der Waals surface area contributed by atoms with E-state index < -0.39 is 11.5 Å². The predicted octanol–water partition coefficient (Wildman–Crippen LogP) is 1.83.